The van der Waals surface area contributed by atoms with Gasteiger partial charge in [-0.1, -0.05) is 12.1 Å². The third kappa shape index (κ3) is 3.29. The minimum atomic E-state index is -3.82. The van der Waals surface area contributed by atoms with Crippen LogP contribution in [0.4, 0.5) is 4.39 Å². The van der Waals surface area contributed by atoms with E-state index in [2.05, 4.69) is 14.9 Å². The predicted molar refractivity (Wildman–Crippen MR) is 74.4 cm³/mol. The molecule has 2 aromatic rings. The van der Waals surface area contributed by atoms with Gasteiger partial charge < -0.3 is 5.11 Å². The molecule has 21 heavy (non-hydrogen) atoms. The van der Waals surface area contributed by atoms with Crippen molar-refractivity contribution in [3.05, 3.63) is 46.4 Å². The van der Waals surface area contributed by atoms with Crippen molar-refractivity contribution in [1.82, 2.24) is 14.9 Å². The highest BCUT2D eigenvalue weighted by Crippen LogP contribution is 2.16. The lowest BCUT2D eigenvalue weighted by Crippen LogP contribution is -2.24. The van der Waals surface area contributed by atoms with Crippen LogP contribution in [0.1, 0.15) is 22.3 Å². The highest BCUT2D eigenvalue weighted by atomic mass is 32.2. The van der Waals surface area contributed by atoms with Crippen LogP contribution in [0.25, 0.3) is 0 Å². The number of aryl methyl sites for hydroxylation is 2. The third-order valence-corrected chi connectivity index (χ3v) is 4.50. The maximum Gasteiger partial charge on any atom is 0.258 e. The molecule has 0 atom stereocenters. The van der Waals surface area contributed by atoms with Crippen LogP contribution in [0.2, 0.25) is 0 Å². The highest BCUT2D eigenvalue weighted by molar-refractivity contribution is 7.89. The lowest BCUT2D eigenvalue weighted by molar-refractivity contribution is 0.278. The van der Waals surface area contributed by atoms with E-state index in [0.29, 0.717) is 16.7 Å². The largest absolute Gasteiger partial charge is 0.392 e. The van der Waals surface area contributed by atoms with Gasteiger partial charge in [0.05, 0.1) is 12.8 Å². The Morgan fingerprint density at radius 2 is 1.95 bits per heavy atom. The van der Waals surface area contributed by atoms with Crippen LogP contribution >= 0.6 is 0 Å². The van der Waals surface area contributed by atoms with Gasteiger partial charge in [-0.25, -0.2) is 17.5 Å². The average molecular weight is 313 g/mol. The van der Waals surface area contributed by atoms with Crippen molar-refractivity contribution < 1.29 is 17.9 Å². The van der Waals surface area contributed by atoms with E-state index in [1.54, 1.807) is 26.0 Å². The van der Waals surface area contributed by atoms with E-state index in [9.17, 15) is 12.8 Å². The molecule has 0 fully saturated rings. The minimum absolute atomic E-state index is 0.0220. The maximum atomic E-state index is 13.5. The van der Waals surface area contributed by atoms with E-state index in [1.165, 1.54) is 6.20 Å². The van der Waals surface area contributed by atoms with Crippen molar-refractivity contribution in [2.75, 3.05) is 0 Å². The lowest BCUT2D eigenvalue weighted by atomic mass is 10.1. The first-order valence-electron chi connectivity index (χ1n) is 6.23. The van der Waals surface area contributed by atoms with Gasteiger partial charge in [0.1, 0.15) is 5.82 Å². The molecule has 0 radical (unpaired) electrons. The zero-order chi connectivity index (χ0) is 15.6. The van der Waals surface area contributed by atoms with E-state index in [4.69, 9.17) is 5.11 Å². The Bertz CT molecular complexity index is 733. The Balaban J connectivity index is 2.20. The molecule has 114 valence electrons. The Kier molecular flexibility index (Phi) is 4.40. The quantitative estimate of drug-likeness (QED) is 0.771. The summed E-state index contributed by atoms with van der Waals surface area (Å²) >= 11 is 0. The molecule has 1 heterocycles. The molecule has 0 aliphatic heterocycles. The molecule has 0 saturated carbocycles. The van der Waals surface area contributed by atoms with Gasteiger partial charge in [-0.05, 0) is 30.5 Å². The molecule has 1 aromatic carbocycles. The number of aliphatic hydroxyl groups excluding tert-OH is 1. The summed E-state index contributed by atoms with van der Waals surface area (Å²) in [5.74, 6) is -0.294. The first-order chi connectivity index (χ1) is 9.85. The molecule has 3 N–H and O–H groups in total. The molecule has 0 unspecified atom stereocenters. The molecular weight excluding hydrogens is 297 g/mol. The molecule has 0 bridgehead atoms. The van der Waals surface area contributed by atoms with Crippen molar-refractivity contribution >= 4 is 10.0 Å². The molecule has 2 rings (SSSR count). The van der Waals surface area contributed by atoms with Gasteiger partial charge in [0, 0.05) is 12.1 Å². The van der Waals surface area contributed by atoms with E-state index >= 15 is 0 Å². The fourth-order valence-electron chi connectivity index (χ4n) is 2.03. The summed E-state index contributed by atoms with van der Waals surface area (Å²) in [6.45, 7) is 2.84. The Morgan fingerprint density at radius 3 is 2.52 bits per heavy atom. The van der Waals surface area contributed by atoms with Crippen molar-refractivity contribution in [2.45, 2.75) is 32.0 Å². The highest BCUT2D eigenvalue weighted by Gasteiger charge is 2.20. The standard InChI is InChI=1S/C13H16FN3O3S/c1-8-3-10(4-9(2)12(8)14)5-16-21(19,20)13-11(7-18)6-15-17-13/h3-4,6,16,18H,5,7H2,1-2H3,(H,15,17). The number of nitrogens with one attached hydrogen (secondary N) is 2. The minimum Gasteiger partial charge on any atom is -0.392 e. The fraction of sp³-hybridized carbons (Fsp3) is 0.308. The van der Waals surface area contributed by atoms with Gasteiger partial charge in [0.15, 0.2) is 5.03 Å². The van der Waals surface area contributed by atoms with E-state index in [0.717, 1.165) is 0 Å². The fourth-order valence-corrected chi connectivity index (χ4v) is 3.17. The van der Waals surface area contributed by atoms with Gasteiger partial charge in [0.25, 0.3) is 10.0 Å². The van der Waals surface area contributed by atoms with Crippen LogP contribution < -0.4 is 4.72 Å². The Morgan fingerprint density at radius 1 is 1.33 bits per heavy atom. The van der Waals surface area contributed by atoms with E-state index in [-0.39, 0.29) is 23.0 Å². The number of H-pyrrole nitrogens is 1. The third-order valence-electron chi connectivity index (χ3n) is 3.08. The normalized spacial score (nSPS) is 11.8. The average Bonchev–Trinajstić information content (AvgIpc) is 2.91. The number of benzene rings is 1. The summed E-state index contributed by atoms with van der Waals surface area (Å²) in [6, 6.07) is 3.18. The van der Waals surface area contributed by atoms with Gasteiger partial charge in [-0.15, -0.1) is 0 Å². The maximum absolute atomic E-state index is 13.5. The second kappa shape index (κ2) is 5.92. The molecule has 0 saturated heterocycles. The van der Waals surface area contributed by atoms with Gasteiger partial charge in [0.2, 0.25) is 0 Å². The second-order valence-electron chi connectivity index (χ2n) is 4.75. The zero-order valence-corrected chi connectivity index (χ0v) is 12.5. The Hall–Kier alpha value is -1.77. The van der Waals surface area contributed by atoms with Gasteiger partial charge in [-0.2, -0.15) is 5.10 Å². The van der Waals surface area contributed by atoms with Crippen LogP contribution in [0.15, 0.2) is 23.4 Å². The van der Waals surface area contributed by atoms with Gasteiger partial charge >= 0.3 is 0 Å². The molecular formula is C13H16FN3O3S. The van der Waals surface area contributed by atoms with Crippen LogP contribution in [-0.4, -0.2) is 23.7 Å². The van der Waals surface area contributed by atoms with E-state index < -0.39 is 16.6 Å². The molecule has 1 aromatic heterocycles. The van der Waals surface area contributed by atoms with E-state index in [1.807, 2.05) is 0 Å². The number of hydrogen-bond acceptors (Lipinski definition) is 4. The number of halogens is 1. The van der Waals surface area contributed by atoms with Crippen LogP contribution in [0, 0.1) is 19.7 Å². The topological polar surface area (TPSA) is 95.1 Å². The Labute approximate surface area is 122 Å². The van der Waals surface area contributed by atoms with Gasteiger partial charge in [-0.3, -0.25) is 5.10 Å². The molecule has 0 spiro atoms. The number of aromatic amines is 1. The zero-order valence-electron chi connectivity index (χ0n) is 11.6. The molecule has 0 amide bonds. The van der Waals surface area contributed by atoms with Crippen LogP contribution in [0.5, 0.6) is 0 Å². The summed E-state index contributed by atoms with van der Waals surface area (Å²) < 4.78 is 40.2. The predicted octanol–water partition coefficient (Wildman–Crippen LogP) is 1.14. The lowest BCUT2D eigenvalue weighted by Gasteiger charge is -2.09. The number of aliphatic hydroxyl groups is 1. The number of sulfonamides is 1. The van der Waals surface area contributed by atoms with Crippen molar-refractivity contribution in [2.24, 2.45) is 0 Å². The van der Waals surface area contributed by atoms with Crippen molar-refractivity contribution in [1.29, 1.82) is 0 Å². The van der Waals surface area contributed by atoms with Crippen LogP contribution in [-0.2, 0) is 23.2 Å². The molecule has 6 nitrogen and oxygen atoms in total. The summed E-state index contributed by atoms with van der Waals surface area (Å²) in [4.78, 5) is 0. The number of rotatable bonds is 5. The summed E-state index contributed by atoms with van der Waals surface area (Å²) in [5.41, 5.74) is 1.76. The van der Waals surface area contributed by atoms with Crippen LogP contribution in [0.3, 0.4) is 0 Å². The smallest absolute Gasteiger partial charge is 0.258 e. The number of aromatic nitrogens is 2. The second-order valence-corrected chi connectivity index (χ2v) is 6.45. The monoisotopic (exact) mass is 313 g/mol. The van der Waals surface area contributed by atoms with Crippen molar-refractivity contribution in [3.63, 3.8) is 0 Å². The number of nitrogens with zero attached hydrogens (tertiary/aromatic N) is 1. The SMILES string of the molecule is Cc1cc(CNS(=O)(=O)c2[nH]ncc2CO)cc(C)c1F. The molecule has 0 aliphatic rings. The summed E-state index contributed by atoms with van der Waals surface area (Å²) in [7, 11) is -3.82. The number of hydrogen-bond donors (Lipinski definition) is 3. The summed E-state index contributed by atoms with van der Waals surface area (Å²) in [6.07, 6.45) is 1.25. The molecule has 8 heteroatoms. The van der Waals surface area contributed by atoms with Crippen molar-refractivity contribution in [3.8, 4) is 0 Å². The summed E-state index contributed by atoms with van der Waals surface area (Å²) in [5, 5.41) is 14.8. The first-order valence-corrected chi connectivity index (χ1v) is 7.72. The molecule has 0 aliphatic carbocycles. The first kappa shape index (κ1) is 15.6.